The lowest BCUT2D eigenvalue weighted by molar-refractivity contribution is 0.281. The molecule has 16 aromatic carbocycles. The molecular weight excluding hydrogens is 1390 g/mol. The smallest absolute Gasteiger partial charge is 0.145 e. The van der Waals surface area contributed by atoms with Crippen LogP contribution in [0.25, 0.3) is 118 Å². The predicted molar refractivity (Wildman–Crippen MR) is 457 cm³/mol. The number of imidazole rings is 3. The SMILES string of the molecule is COc1ccc(C2(c3cc(C4(c5ccc(CO)cc5)c5ccccc5-c5ccc(-c6nc7ccccc7n6-c6ccccc6)cc54)cc(C4(c5ccc(CO)cc5)c5ccccc5-c5ccc(-c6nc7ccccc7n6-c6ccccc6)cc54)c3)c3ccccc3-c3ccc(-c4nc5ccccc5n4-c4ccccc4)cc32)cc1. The summed E-state index contributed by atoms with van der Waals surface area (Å²) in [5.41, 5.74) is 29.2. The molecule has 0 saturated carbocycles. The quantitative estimate of drug-likeness (QED) is 0.106. The van der Waals surface area contributed by atoms with Crippen molar-refractivity contribution in [1.29, 1.82) is 0 Å². The van der Waals surface area contributed by atoms with E-state index in [-0.39, 0.29) is 13.2 Å². The molecule has 3 aliphatic rings. The number of benzene rings is 16. The van der Waals surface area contributed by atoms with E-state index in [1.165, 1.54) is 0 Å². The molecule has 19 aromatic rings. The van der Waals surface area contributed by atoms with E-state index in [4.69, 9.17) is 19.7 Å². The van der Waals surface area contributed by atoms with Crippen molar-refractivity contribution in [2.24, 2.45) is 0 Å². The van der Waals surface area contributed by atoms with Gasteiger partial charge in [-0.25, -0.2) is 15.0 Å². The van der Waals surface area contributed by atoms with Gasteiger partial charge in [-0.3, -0.25) is 13.7 Å². The number of rotatable bonds is 15. The van der Waals surface area contributed by atoms with E-state index in [0.717, 1.165) is 201 Å². The molecule has 0 radical (unpaired) electrons. The summed E-state index contributed by atoms with van der Waals surface area (Å²) in [5, 5.41) is 22.3. The Morgan fingerprint density at radius 1 is 0.254 bits per heavy atom. The highest BCUT2D eigenvalue weighted by Crippen LogP contribution is 2.64. The molecule has 2 N–H and O–H groups in total. The maximum absolute atomic E-state index is 11.2. The molecule has 9 heteroatoms. The van der Waals surface area contributed by atoms with Crippen molar-refractivity contribution >= 4 is 33.1 Å². The van der Waals surface area contributed by atoms with Crippen LogP contribution in [0.1, 0.15) is 77.9 Å². The van der Waals surface area contributed by atoms with Gasteiger partial charge in [-0.1, -0.05) is 279 Å². The molecule has 3 unspecified atom stereocenters. The average molecular weight is 1470 g/mol. The lowest BCUT2D eigenvalue weighted by Gasteiger charge is -2.41. The first-order valence-corrected chi connectivity index (χ1v) is 38.9. The molecule has 9 nitrogen and oxygen atoms in total. The fourth-order valence-electron chi connectivity index (χ4n) is 19.6. The first-order valence-electron chi connectivity index (χ1n) is 38.9. The first-order chi connectivity index (χ1) is 56.4. The Labute approximate surface area is 659 Å². The summed E-state index contributed by atoms with van der Waals surface area (Å²) in [6, 6.07) is 139. The molecule has 3 heterocycles. The van der Waals surface area contributed by atoms with Gasteiger partial charge in [0, 0.05) is 33.8 Å². The summed E-state index contributed by atoms with van der Waals surface area (Å²) in [5.74, 6) is 3.19. The highest BCUT2D eigenvalue weighted by molar-refractivity contribution is 5.96. The van der Waals surface area contributed by atoms with Crippen molar-refractivity contribution < 1.29 is 14.9 Å². The third-order valence-electron chi connectivity index (χ3n) is 24.5. The van der Waals surface area contributed by atoms with Crippen LogP contribution in [0.2, 0.25) is 0 Å². The molecule has 3 aromatic heterocycles. The Balaban J connectivity index is 0.921. The molecule has 22 rings (SSSR count). The van der Waals surface area contributed by atoms with Crippen LogP contribution in [0.3, 0.4) is 0 Å². The number of methoxy groups -OCH3 is 1. The molecule has 3 aliphatic carbocycles. The van der Waals surface area contributed by atoms with Gasteiger partial charge in [0.25, 0.3) is 0 Å². The topological polar surface area (TPSA) is 103 Å². The summed E-state index contributed by atoms with van der Waals surface area (Å²) >= 11 is 0. The highest BCUT2D eigenvalue weighted by atomic mass is 16.5. The van der Waals surface area contributed by atoms with Crippen LogP contribution in [0.4, 0.5) is 0 Å². The standard InChI is InChI=1S/C105H72N6O3/c1-114-81-54-52-74(53-55-81)105(90-34-16-13-31-84(90)87-58-47-71(61-93(87)105)102-108-96-37-19-22-40-99(96)111(102)80-27-9-4-10-28-80)77-63-75(103(72-48-41-67(65-112)42-49-72)88-32-14-11-29-82(88)85-56-45-69(59-91(85)103)100-106-94-35-17-20-38-97(94)109(100)78-23-5-2-6-24-78)62-76(64-77)104(73-50-43-68(66-113)44-51-73)89-33-15-12-30-83(89)86-57-46-70(60-92(86)104)101-107-95-36-18-21-39-98(95)110(101)79-25-7-3-8-26-79/h2-64,112-113H,65-66H2,1H3. The Bertz CT molecular complexity index is 6360. The van der Waals surface area contributed by atoms with Gasteiger partial charge in [-0.15, -0.1) is 0 Å². The van der Waals surface area contributed by atoms with E-state index < -0.39 is 16.2 Å². The molecule has 0 spiro atoms. The molecule has 540 valence electrons. The molecular formula is C105H72N6O3. The lowest BCUT2D eigenvalue weighted by Crippen LogP contribution is -2.35. The van der Waals surface area contributed by atoms with Crippen LogP contribution in [0, 0.1) is 0 Å². The van der Waals surface area contributed by atoms with Crippen LogP contribution in [-0.2, 0) is 29.5 Å². The number of para-hydroxylation sites is 9. The number of hydrogen-bond donors (Lipinski definition) is 2. The molecule has 0 aliphatic heterocycles. The van der Waals surface area contributed by atoms with Crippen molar-refractivity contribution in [3.8, 4) is 90.4 Å². The van der Waals surface area contributed by atoms with Crippen LogP contribution in [0.5, 0.6) is 5.75 Å². The van der Waals surface area contributed by atoms with Gasteiger partial charge in [0.1, 0.15) is 23.2 Å². The van der Waals surface area contributed by atoms with Crippen molar-refractivity contribution in [2.45, 2.75) is 29.5 Å². The van der Waals surface area contributed by atoms with E-state index in [1.54, 1.807) is 7.11 Å². The zero-order valence-electron chi connectivity index (χ0n) is 62.3. The average Bonchev–Trinajstić information content (AvgIpc) is 1.48. The number of aliphatic hydroxyl groups is 2. The van der Waals surface area contributed by atoms with Crippen molar-refractivity contribution in [1.82, 2.24) is 28.7 Å². The van der Waals surface area contributed by atoms with E-state index in [1.807, 2.05) is 0 Å². The second-order valence-corrected chi connectivity index (χ2v) is 30.2. The largest absolute Gasteiger partial charge is 0.497 e. The summed E-state index contributed by atoms with van der Waals surface area (Å²) in [7, 11) is 1.74. The normalized spacial score (nSPS) is 16.2. The second-order valence-electron chi connectivity index (χ2n) is 30.2. The van der Waals surface area contributed by atoms with Gasteiger partial charge in [0.05, 0.1) is 69.7 Å². The van der Waals surface area contributed by atoms with E-state index in [0.29, 0.717) is 0 Å². The maximum atomic E-state index is 11.2. The van der Waals surface area contributed by atoms with E-state index in [2.05, 4.69) is 396 Å². The van der Waals surface area contributed by atoms with E-state index >= 15 is 0 Å². The Kier molecular flexibility index (Phi) is 15.3. The fourth-order valence-corrected chi connectivity index (χ4v) is 19.6. The second kappa shape index (κ2) is 26.2. The highest BCUT2D eigenvalue weighted by Gasteiger charge is 2.54. The van der Waals surface area contributed by atoms with Crippen LogP contribution in [0.15, 0.2) is 382 Å². The number of ether oxygens (including phenoxy) is 1. The number of aliphatic hydroxyl groups excluding tert-OH is 2. The van der Waals surface area contributed by atoms with Crippen LogP contribution in [-0.4, -0.2) is 46.0 Å². The predicted octanol–water partition coefficient (Wildman–Crippen LogP) is 22.8. The minimum absolute atomic E-state index is 0.132. The molecule has 0 saturated heterocycles. The number of fused-ring (bicyclic) bond motifs is 12. The minimum atomic E-state index is -1.13. The Morgan fingerprint density at radius 3 is 0.833 bits per heavy atom. The number of hydrogen-bond acceptors (Lipinski definition) is 6. The number of aromatic nitrogens is 6. The molecule has 0 fully saturated rings. The third-order valence-corrected chi connectivity index (χ3v) is 24.5. The molecule has 3 atom stereocenters. The van der Waals surface area contributed by atoms with Crippen molar-refractivity contribution in [3.63, 3.8) is 0 Å². The Hall–Kier alpha value is -14.4. The monoisotopic (exact) mass is 1460 g/mol. The summed E-state index contributed by atoms with van der Waals surface area (Å²) in [6.07, 6.45) is 0. The van der Waals surface area contributed by atoms with Gasteiger partial charge in [-0.2, -0.15) is 0 Å². The first kappa shape index (κ1) is 66.6. The third kappa shape index (κ3) is 9.70. The van der Waals surface area contributed by atoms with Gasteiger partial charge in [-0.05, 0) is 214 Å². The van der Waals surface area contributed by atoms with Crippen LogP contribution >= 0.6 is 0 Å². The van der Waals surface area contributed by atoms with Crippen LogP contribution < -0.4 is 4.74 Å². The van der Waals surface area contributed by atoms with Gasteiger partial charge >= 0.3 is 0 Å². The Morgan fingerprint density at radius 2 is 0.526 bits per heavy atom. The maximum Gasteiger partial charge on any atom is 0.145 e. The molecule has 114 heavy (non-hydrogen) atoms. The molecule has 0 bridgehead atoms. The number of nitrogens with zero attached hydrogens (tertiary/aromatic N) is 6. The summed E-state index contributed by atoms with van der Waals surface area (Å²) in [4.78, 5) is 16.8. The molecule has 0 amide bonds. The fraction of sp³-hybridized carbons (Fsp3) is 0.0571. The lowest BCUT2D eigenvalue weighted by atomic mass is 9.60. The van der Waals surface area contributed by atoms with E-state index in [9.17, 15) is 10.2 Å². The zero-order valence-corrected chi connectivity index (χ0v) is 62.3. The van der Waals surface area contributed by atoms with Gasteiger partial charge < -0.3 is 14.9 Å². The van der Waals surface area contributed by atoms with Gasteiger partial charge in [0.2, 0.25) is 0 Å². The summed E-state index contributed by atoms with van der Waals surface area (Å²) < 4.78 is 13.1. The minimum Gasteiger partial charge on any atom is -0.497 e. The van der Waals surface area contributed by atoms with Gasteiger partial charge in [0.15, 0.2) is 0 Å². The van der Waals surface area contributed by atoms with Crippen molar-refractivity contribution in [2.75, 3.05) is 7.11 Å². The van der Waals surface area contributed by atoms with Crippen molar-refractivity contribution in [3.05, 3.63) is 460 Å². The summed E-state index contributed by atoms with van der Waals surface area (Å²) in [6.45, 7) is -0.264. The zero-order chi connectivity index (χ0) is 75.8.